The SMILES string of the molecule is O=C1c2ccc(-c3ncc(-c4ccccc4)o3)cc2C(=O)N1c1ncn[nH]1. The molecule has 0 saturated heterocycles. The molecule has 0 unspecified atom stereocenters. The number of anilines is 1. The van der Waals surface area contributed by atoms with Gasteiger partial charge in [0.25, 0.3) is 11.8 Å². The average Bonchev–Trinajstić information content (AvgIpc) is 3.44. The molecule has 0 saturated carbocycles. The lowest BCUT2D eigenvalue weighted by Crippen LogP contribution is -2.30. The standard InChI is InChI=1S/C19H11N5O3/c25-17-13-7-6-12(8-14(13)18(26)24(17)19-21-10-22-23-19)16-20-9-15(27-16)11-4-2-1-3-5-11/h1-10H,(H,21,22,23). The Morgan fingerprint density at radius 1 is 0.889 bits per heavy atom. The molecule has 130 valence electrons. The lowest BCUT2D eigenvalue weighted by Gasteiger charge is -2.07. The van der Waals surface area contributed by atoms with Gasteiger partial charge in [-0.25, -0.2) is 15.0 Å². The van der Waals surface area contributed by atoms with E-state index in [0.29, 0.717) is 22.8 Å². The Hall–Kier alpha value is -4.07. The van der Waals surface area contributed by atoms with Crippen LogP contribution in [0.3, 0.4) is 0 Å². The molecule has 8 heteroatoms. The second kappa shape index (κ2) is 5.73. The highest BCUT2D eigenvalue weighted by molar-refractivity contribution is 6.34. The van der Waals surface area contributed by atoms with Crippen molar-refractivity contribution in [2.45, 2.75) is 0 Å². The minimum Gasteiger partial charge on any atom is -0.436 e. The normalized spacial score (nSPS) is 13.3. The number of aromatic amines is 1. The molecule has 0 bridgehead atoms. The van der Waals surface area contributed by atoms with Crippen LogP contribution in [-0.2, 0) is 0 Å². The number of nitrogens with zero attached hydrogens (tertiary/aromatic N) is 4. The molecule has 0 spiro atoms. The molecular formula is C19H11N5O3. The van der Waals surface area contributed by atoms with E-state index in [-0.39, 0.29) is 11.5 Å². The van der Waals surface area contributed by atoms with E-state index >= 15 is 0 Å². The highest BCUT2D eigenvalue weighted by Crippen LogP contribution is 2.31. The number of carbonyl (C=O) groups is 2. The number of rotatable bonds is 3. The van der Waals surface area contributed by atoms with Crippen LogP contribution in [0, 0.1) is 0 Å². The Bertz CT molecular complexity index is 1170. The van der Waals surface area contributed by atoms with Gasteiger partial charge in [0.05, 0.1) is 17.3 Å². The van der Waals surface area contributed by atoms with Crippen LogP contribution in [0.25, 0.3) is 22.8 Å². The first kappa shape index (κ1) is 15.2. The van der Waals surface area contributed by atoms with Crippen molar-refractivity contribution in [1.82, 2.24) is 20.2 Å². The van der Waals surface area contributed by atoms with Crippen molar-refractivity contribution in [3.8, 4) is 22.8 Å². The molecule has 0 fully saturated rings. The van der Waals surface area contributed by atoms with Gasteiger partial charge < -0.3 is 4.42 Å². The first-order chi connectivity index (χ1) is 13.2. The van der Waals surface area contributed by atoms with E-state index in [2.05, 4.69) is 20.2 Å². The van der Waals surface area contributed by atoms with Gasteiger partial charge in [-0.15, -0.1) is 0 Å². The van der Waals surface area contributed by atoms with Crippen LogP contribution in [0.2, 0.25) is 0 Å². The summed E-state index contributed by atoms with van der Waals surface area (Å²) in [6, 6.07) is 14.5. The summed E-state index contributed by atoms with van der Waals surface area (Å²) in [6.45, 7) is 0. The fourth-order valence-electron chi connectivity index (χ4n) is 3.02. The van der Waals surface area contributed by atoms with E-state index in [1.165, 1.54) is 6.33 Å². The van der Waals surface area contributed by atoms with Crippen molar-refractivity contribution in [2.75, 3.05) is 4.90 Å². The summed E-state index contributed by atoms with van der Waals surface area (Å²) in [4.78, 5) is 34.4. The van der Waals surface area contributed by atoms with Crippen molar-refractivity contribution < 1.29 is 14.0 Å². The van der Waals surface area contributed by atoms with Gasteiger partial charge in [0.2, 0.25) is 11.8 Å². The number of amides is 2. The molecule has 8 nitrogen and oxygen atoms in total. The zero-order valence-corrected chi connectivity index (χ0v) is 13.8. The maximum Gasteiger partial charge on any atom is 0.268 e. The Kier molecular flexibility index (Phi) is 3.23. The van der Waals surface area contributed by atoms with Gasteiger partial charge in [0, 0.05) is 11.1 Å². The zero-order chi connectivity index (χ0) is 18.4. The molecule has 1 aliphatic heterocycles. The Morgan fingerprint density at radius 2 is 1.70 bits per heavy atom. The van der Waals surface area contributed by atoms with Crippen molar-refractivity contribution >= 4 is 17.8 Å². The van der Waals surface area contributed by atoms with Gasteiger partial charge in [-0.3, -0.25) is 9.59 Å². The fraction of sp³-hybridized carbons (Fsp3) is 0. The van der Waals surface area contributed by atoms with Crippen molar-refractivity contribution in [3.05, 3.63) is 72.2 Å². The third-order valence-corrected chi connectivity index (χ3v) is 4.31. The fourth-order valence-corrected chi connectivity index (χ4v) is 3.02. The topological polar surface area (TPSA) is 105 Å². The zero-order valence-electron chi connectivity index (χ0n) is 13.8. The largest absolute Gasteiger partial charge is 0.436 e. The predicted molar refractivity (Wildman–Crippen MR) is 94.9 cm³/mol. The van der Waals surface area contributed by atoms with Crippen LogP contribution >= 0.6 is 0 Å². The van der Waals surface area contributed by atoms with Gasteiger partial charge in [-0.05, 0) is 18.2 Å². The maximum atomic E-state index is 12.7. The van der Waals surface area contributed by atoms with Crippen molar-refractivity contribution in [2.24, 2.45) is 0 Å². The van der Waals surface area contributed by atoms with Crippen LogP contribution in [0.15, 0.2) is 65.5 Å². The van der Waals surface area contributed by atoms with Crippen LogP contribution in [0.4, 0.5) is 5.95 Å². The second-order valence-electron chi connectivity index (χ2n) is 5.91. The minimum absolute atomic E-state index is 0.0882. The number of hydrogen-bond donors (Lipinski definition) is 1. The summed E-state index contributed by atoms with van der Waals surface area (Å²) < 4.78 is 5.83. The van der Waals surface area contributed by atoms with Gasteiger partial charge in [-0.2, -0.15) is 10.1 Å². The number of carbonyl (C=O) groups excluding carboxylic acids is 2. The predicted octanol–water partition coefficient (Wildman–Crippen LogP) is 2.93. The van der Waals surface area contributed by atoms with Crippen molar-refractivity contribution in [3.63, 3.8) is 0 Å². The Labute approximate surface area is 152 Å². The monoisotopic (exact) mass is 357 g/mol. The molecule has 1 aliphatic rings. The highest BCUT2D eigenvalue weighted by atomic mass is 16.4. The minimum atomic E-state index is -0.469. The maximum absolute atomic E-state index is 12.7. The summed E-state index contributed by atoms with van der Waals surface area (Å²) in [5.41, 5.74) is 2.08. The van der Waals surface area contributed by atoms with Crippen LogP contribution < -0.4 is 4.90 Å². The van der Waals surface area contributed by atoms with E-state index in [4.69, 9.17) is 4.42 Å². The highest BCUT2D eigenvalue weighted by Gasteiger charge is 2.38. The molecule has 1 N–H and O–H groups in total. The number of nitrogens with one attached hydrogen (secondary N) is 1. The van der Waals surface area contributed by atoms with E-state index in [9.17, 15) is 9.59 Å². The lowest BCUT2D eigenvalue weighted by atomic mass is 10.1. The summed E-state index contributed by atoms with van der Waals surface area (Å²) in [7, 11) is 0. The molecule has 5 rings (SSSR count). The Morgan fingerprint density at radius 3 is 2.48 bits per heavy atom. The number of oxazole rings is 1. The summed E-state index contributed by atoms with van der Waals surface area (Å²) in [5.74, 6) is 0.163. The quantitative estimate of drug-likeness (QED) is 0.565. The molecule has 3 heterocycles. The number of aromatic nitrogens is 4. The number of hydrogen-bond acceptors (Lipinski definition) is 6. The molecule has 0 atom stereocenters. The number of imide groups is 1. The second-order valence-corrected chi connectivity index (χ2v) is 5.91. The van der Waals surface area contributed by atoms with Gasteiger partial charge in [0.1, 0.15) is 6.33 Å². The van der Waals surface area contributed by atoms with Crippen LogP contribution in [0.1, 0.15) is 20.7 Å². The molecular weight excluding hydrogens is 346 g/mol. The number of fused-ring (bicyclic) bond motifs is 1. The van der Waals surface area contributed by atoms with Gasteiger partial charge in [0.15, 0.2) is 5.76 Å². The summed E-state index contributed by atoms with van der Waals surface area (Å²) >= 11 is 0. The molecule has 2 aromatic heterocycles. The molecule has 2 aromatic carbocycles. The van der Waals surface area contributed by atoms with Crippen LogP contribution in [0.5, 0.6) is 0 Å². The third-order valence-electron chi connectivity index (χ3n) is 4.31. The molecule has 0 radical (unpaired) electrons. The van der Waals surface area contributed by atoms with E-state index < -0.39 is 11.8 Å². The van der Waals surface area contributed by atoms with E-state index in [0.717, 1.165) is 10.5 Å². The molecule has 2 amide bonds. The van der Waals surface area contributed by atoms with E-state index in [1.54, 1.807) is 24.4 Å². The number of H-pyrrole nitrogens is 1. The summed E-state index contributed by atoms with van der Waals surface area (Å²) in [5, 5.41) is 6.22. The summed E-state index contributed by atoms with van der Waals surface area (Å²) in [6.07, 6.45) is 2.87. The van der Waals surface area contributed by atoms with Crippen LogP contribution in [-0.4, -0.2) is 32.0 Å². The molecule has 27 heavy (non-hydrogen) atoms. The third kappa shape index (κ3) is 2.35. The van der Waals surface area contributed by atoms with Gasteiger partial charge >= 0.3 is 0 Å². The lowest BCUT2D eigenvalue weighted by molar-refractivity contribution is 0.0924. The van der Waals surface area contributed by atoms with Crippen molar-refractivity contribution in [1.29, 1.82) is 0 Å². The number of benzene rings is 2. The first-order valence-electron chi connectivity index (χ1n) is 8.12. The Balaban J connectivity index is 1.53. The first-order valence-corrected chi connectivity index (χ1v) is 8.12. The molecule has 4 aromatic rings. The molecule has 0 aliphatic carbocycles. The van der Waals surface area contributed by atoms with Gasteiger partial charge in [-0.1, -0.05) is 30.3 Å². The van der Waals surface area contributed by atoms with E-state index in [1.807, 2.05) is 30.3 Å². The smallest absolute Gasteiger partial charge is 0.268 e. The average molecular weight is 357 g/mol.